The Balaban J connectivity index is -0.000000845. The van der Waals surface area contributed by atoms with Crippen molar-refractivity contribution in [2.24, 2.45) is 0 Å². The molecule has 0 aliphatic rings. The second-order valence-electron chi connectivity index (χ2n) is 3.02. The van der Waals surface area contributed by atoms with E-state index in [0.29, 0.717) is 26.1 Å². The van der Waals surface area contributed by atoms with Crippen LogP contribution >= 0.6 is 7.60 Å². The molecular formula is C9H16NNa2O3P. The van der Waals surface area contributed by atoms with Gasteiger partial charge in [0.2, 0.25) is 0 Å². The summed E-state index contributed by atoms with van der Waals surface area (Å²) >= 11 is 0. The molecule has 0 heterocycles. The maximum Gasteiger partial charge on any atom is 1.00 e. The van der Waals surface area contributed by atoms with Crippen LogP contribution in [0.15, 0.2) is 25.3 Å². The molecule has 0 aromatic carbocycles. The molecule has 0 rings (SSSR count). The SMILES string of the molecule is C=CCN(CC=C)CCCP(=O)([O-])[O-].[Na+].[Na+]. The first-order chi connectivity index (χ1) is 6.49. The van der Waals surface area contributed by atoms with Gasteiger partial charge in [-0.3, -0.25) is 4.90 Å². The first kappa shape index (κ1) is 22.7. The van der Waals surface area contributed by atoms with Gasteiger partial charge < -0.3 is 14.4 Å². The number of nitrogens with zero attached hydrogens (tertiary/aromatic N) is 1. The van der Waals surface area contributed by atoms with Crippen LogP contribution in [0.3, 0.4) is 0 Å². The van der Waals surface area contributed by atoms with Crippen LogP contribution < -0.4 is 68.9 Å². The summed E-state index contributed by atoms with van der Waals surface area (Å²) in [6.45, 7) is 9.10. The van der Waals surface area contributed by atoms with E-state index in [9.17, 15) is 14.4 Å². The summed E-state index contributed by atoms with van der Waals surface area (Å²) in [5.41, 5.74) is 0. The van der Waals surface area contributed by atoms with Gasteiger partial charge >= 0.3 is 59.1 Å². The average molecular weight is 263 g/mol. The smallest absolute Gasteiger partial charge is 0.811 e. The summed E-state index contributed by atoms with van der Waals surface area (Å²) in [5.74, 6) is 0. The third kappa shape index (κ3) is 15.6. The fourth-order valence-electron chi connectivity index (χ4n) is 1.11. The molecular weight excluding hydrogens is 247 g/mol. The minimum absolute atomic E-state index is 0. The zero-order valence-electron chi connectivity index (χ0n) is 10.2. The molecule has 7 heteroatoms. The van der Waals surface area contributed by atoms with Crippen molar-refractivity contribution in [1.29, 1.82) is 0 Å². The molecule has 0 spiro atoms. The molecule has 0 aliphatic carbocycles. The van der Waals surface area contributed by atoms with Crippen molar-refractivity contribution in [2.45, 2.75) is 6.42 Å². The molecule has 0 unspecified atom stereocenters. The van der Waals surface area contributed by atoms with Crippen LogP contribution in [0.1, 0.15) is 6.42 Å². The molecule has 0 saturated heterocycles. The minimum Gasteiger partial charge on any atom is -0.811 e. The zero-order valence-corrected chi connectivity index (χ0v) is 15.1. The van der Waals surface area contributed by atoms with Crippen LogP contribution in [0.25, 0.3) is 0 Å². The molecule has 82 valence electrons. The van der Waals surface area contributed by atoms with E-state index in [1.54, 1.807) is 12.2 Å². The van der Waals surface area contributed by atoms with E-state index < -0.39 is 7.60 Å². The number of hydrogen-bond acceptors (Lipinski definition) is 4. The fraction of sp³-hybridized carbons (Fsp3) is 0.556. The molecule has 0 radical (unpaired) electrons. The number of rotatable bonds is 8. The van der Waals surface area contributed by atoms with Gasteiger partial charge in [0.25, 0.3) is 0 Å². The molecule has 4 nitrogen and oxygen atoms in total. The Kier molecular flexibility index (Phi) is 18.5. The van der Waals surface area contributed by atoms with Crippen LogP contribution in [-0.4, -0.2) is 30.7 Å². The van der Waals surface area contributed by atoms with E-state index in [1.807, 2.05) is 4.90 Å². The molecule has 0 saturated carbocycles. The van der Waals surface area contributed by atoms with Crippen LogP contribution in [0.2, 0.25) is 0 Å². The third-order valence-electron chi connectivity index (χ3n) is 1.68. The van der Waals surface area contributed by atoms with Gasteiger partial charge in [-0.1, -0.05) is 19.7 Å². The number of hydrogen-bond donors (Lipinski definition) is 0. The van der Waals surface area contributed by atoms with Crippen LogP contribution in [0.5, 0.6) is 0 Å². The first-order valence-electron chi connectivity index (χ1n) is 4.45. The van der Waals surface area contributed by atoms with E-state index in [4.69, 9.17) is 0 Å². The Labute approximate surface area is 142 Å². The second-order valence-corrected chi connectivity index (χ2v) is 4.69. The molecule has 0 atom stereocenters. The van der Waals surface area contributed by atoms with Crippen LogP contribution in [0, 0.1) is 0 Å². The van der Waals surface area contributed by atoms with Gasteiger partial charge in [0.05, 0.1) is 0 Å². The van der Waals surface area contributed by atoms with Gasteiger partial charge in [0, 0.05) is 13.1 Å². The Morgan fingerprint density at radius 2 is 1.56 bits per heavy atom. The minimum atomic E-state index is -4.34. The molecule has 0 N–H and O–H groups in total. The predicted molar refractivity (Wildman–Crippen MR) is 53.9 cm³/mol. The topological polar surface area (TPSA) is 66.4 Å². The molecule has 0 bridgehead atoms. The summed E-state index contributed by atoms with van der Waals surface area (Å²) < 4.78 is 10.3. The monoisotopic (exact) mass is 263 g/mol. The van der Waals surface area contributed by atoms with E-state index in [0.717, 1.165) is 0 Å². The van der Waals surface area contributed by atoms with Gasteiger partial charge in [-0.15, -0.1) is 13.2 Å². The van der Waals surface area contributed by atoms with Crippen molar-refractivity contribution in [3.8, 4) is 0 Å². The zero-order chi connectivity index (χ0) is 11.0. The Morgan fingerprint density at radius 1 is 1.12 bits per heavy atom. The van der Waals surface area contributed by atoms with Crippen molar-refractivity contribution < 1.29 is 73.5 Å². The van der Waals surface area contributed by atoms with E-state index in [2.05, 4.69) is 13.2 Å². The van der Waals surface area contributed by atoms with Gasteiger partial charge in [0.1, 0.15) is 0 Å². The summed E-state index contributed by atoms with van der Waals surface area (Å²) in [6, 6.07) is 0. The average Bonchev–Trinajstić information content (AvgIpc) is 2.02. The molecule has 0 fully saturated rings. The Morgan fingerprint density at radius 3 is 1.88 bits per heavy atom. The maximum atomic E-state index is 10.3. The summed E-state index contributed by atoms with van der Waals surface area (Å²) in [4.78, 5) is 22.7. The van der Waals surface area contributed by atoms with Gasteiger partial charge in [-0.2, -0.15) is 0 Å². The molecule has 0 aromatic rings. The Bertz CT molecular complexity index is 223. The second kappa shape index (κ2) is 13.0. The standard InChI is InChI=1S/C9H18NO3P.2Na/c1-3-6-10(7-4-2)8-5-9-14(11,12)13;;/h3-4H,1-2,5-9H2,(H2,11,12,13);;/q;2*+1/p-2. The van der Waals surface area contributed by atoms with Crippen molar-refractivity contribution in [1.82, 2.24) is 4.90 Å². The van der Waals surface area contributed by atoms with E-state index >= 15 is 0 Å². The van der Waals surface area contributed by atoms with Gasteiger partial charge in [0.15, 0.2) is 0 Å². The van der Waals surface area contributed by atoms with E-state index in [-0.39, 0.29) is 65.3 Å². The normalized spacial score (nSPS) is 10.2. The maximum absolute atomic E-state index is 10.3. The Hall–Kier alpha value is 1.59. The largest absolute Gasteiger partial charge is 1.00 e. The molecule has 0 amide bonds. The summed E-state index contributed by atoms with van der Waals surface area (Å²) in [6.07, 6.45) is 3.55. The molecule has 0 aliphatic heterocycles. The fourth-order valence-corrected chi connectivity index (χ4v) is 1.64. The third-order valence-corrected chi connectivity index (χ3v) is 2.54. The van der Waals surface area contributed by atoms with Crippen LogP contribution in [0.4, 0.5) is 0 Å². The molecule has 16 heavy (non-hydrogen) atoms. The van der Waals surface area contributed by atoms with Gasteiger partial charge in [-0.25, -0.2) is 0 Å². The first-order valence-corrected chi connectivity index (χ1v) is 6.17. The summed E-state index contributed by atoms with van der Waals surface area (Å²) in [7, 11) is -4.34. The predicted octanol–water partition coefficient (Wildman–Crippen LogP) is -6.03. The molecule has 0 aromatic heterocycles. The van der Waals surface area contributed by atoms with Crippen LogP contribution in [-0.2, 0) is 4.57 Å². The summed E-state index contributed by atoms with van der Waals surface area (Å²) in [5, 5.41) is 0. The van der Waals surface area contributed by atoms with Crippen molar-refractivity contribution in [2.75, 3.05) is 25.8 Å². The van der Waals surface area contributed by atoms with E-state index in [1.165, 1.54) is 0 Å². The van der Waals surface area contributed by atoms with Crippen molar-refractivity contribution >= 4 is 7.60 Å². The quantitative estimate of drug-likeness (QED) is 0.248. The van der Waals surface area contributed by atoms with Crippen molar-refractivity contribution in [3.05, 3.63) is 25.3 Å². The van der Waals surface area contributed by atoms with Crippen molar-refractivity contribution in [3.63, 3.8) is 0 Å². The van der Waals surface area contributed by atoms with Gasteiger partial charge in [-0.05, 0) is 19.1 Å².